The molecule has 5 atom stereocenters. The molecule has 0 spiro atoms. The molecule has 1 aromatic carbocycles. The predicted octanol–water partition coefficient (Wildman–Crippen LogP) is 0.860. The van der Waals surface area contributed by atoms with Gasteiger partial charge in [0.1, 0.15) is 18.1 Å². The lowest BCUT2D eigenvalue weighted by atomic mass is 9.96. The fourth-order valence-corrected chi connectivity index (χ4v) is 4.24. The Kier molecular flexibility index (Phi) is 12.8. The molecule has 2 rings (SSSR count). The number of carboxylic acids is 1. The molecular formula is C26H38N6O5S. The Hall–Kier alpha value is -3.38. The number of aromatic amines is 1. The van der Waals surface area contributed by atoms with Gasteiger partial charge in [-0.25, -0.2) is 9.78 Å². The maximum absolute atomic E-state index is 13.5. The number of rotatable bonds is 16. The van der Waals surface area contributed by atoms with Crippen molar-refractivity contribution in [3.8, 4) is 0 Å². The molecule has 0 radical (unpaired) electrons. The zero-order valence-corrected chi connectivity index (χ0v) is 22.8. The van der Waals surface area contributed by atoms with Gasteiger partial charge < -0.3 is 31.8 Å². The van der Waals surface area contributed by atoms with Gasteiger partial charge in [-0.15, -0.1) is 0 Å². The van der Waals surface area contributed by atoms with E-state index < -0.39 is 47.9 Å². The first kappa shape index (κ1) is 30.8. The lowest BCUT2D eigenvalue weighted by Crippen LogP contribution is -2.59. The van der Waals surface area contributed by atoms with Gasteiger partial charge in [-0.2, -0.15) is 11.8 Å². The zero-order valence-electron chi connectivity index (χ0n) is 22.0. The van der Waals surface area contributed by atoms with Crippen molar-refractivity contribution >= 4 is 35.5 Å². The second-order valence-electron chi connectivity index (χ2n) is 9.19. The van der Waals surface area contributed by atoms with Crippen molar-refractivity contribution in [3.05, 3.63) is 54.1 Å². The number of aliphatic carboxylic acids is 1. The number of carbonyl (C=O) groups excluding carboxylic acids is 3. The van der Waals surface area contributed by atoms with Gasteiger partial charge in [0, 0.05) is 24.7 Å². The maximum atomic E-state index is 13.5. The smallest absolute Gasteiger partial charge is 0.326 e. The van der Waals surface area contributed by atoms with E-state index in [-0.39, 0.29) is 18.8 Å². The van der Waals surface area contributed by atoms with Crippen LogP contribution in [0.5, 0.6) is 0 Å². The largest absolute Gasteiger partial charge is 0.480 e. The Morgan fingerprint density at radius 1 is 1.03 bits per heavy atom. The highest BCUT2D eigenvalue weighted by molar-refractivity contribution is 7.98. The monoisotopic (exact) mass is 546 g/mol. The first-order valence-corrected chi connectivity index (χ1v) is 13.9. The second-order valence-corrected chi connectivity index (χ2v) is 10.2. The number of nitrogens with one attached hydrogen (secondary N) is 4. The standard InChI is InChI=1S/C26H38N6O5S/c1-4-16(2)22(25(35)31-21(26(36)37)13-18-14-28-15-29-18)32-24(34)20(12-17-8-6-5-7-9-17)30-23(33)19(27)10-11-38-3/h5-9,14-16,19-22H,4,10-13,27H2,1-3H3,(H,28,29)(H,30,33)(H,31,35)(H,32,34)(H,36,37). The summed E-state index contributed by atoms with van der Waals surface area (Å²) in [5.41, 5.74) is 7.39. The summed E-state index contributed by atoms with van der Waals surface area (Å²) >= 11 is 1.57. The first-order chi connectivity index (χ1) is 18.2. The van der Waals surface area contributed by atoms with Crippen LogP contribution in [-0.2, 0) is 32.0 Å². The molecule has 2 aromatic rings. The topological polar surface area (TPSA) is 179 Å². The maximum Gasteiger partial charge on any atom is 0.326 e. The van der Waals surface area contributed by atoms with Gasteiger partial charge in [0.15, 0.2) is 0 Å². The molecule has 38 heavy (non-hydrogen) atoms. The molecule has 0 saturated carbocycles. The Labute approximate surface area is 227 Å². The number of aromatic nitrogens is 2. The molecule has 0 aliphatic heterocycles. The van der Waals surface area contributed by atoms with E-state index in [4.69, 9.17) is 5.73 Å². The summed E-state index contributed by atoms with van der Waals surface area (Å²) in [4.78, 5) is 58.0. The van der Waals surface area contributed by atoms with Gasteiger partial charge in [0.05, 0.1) is 12.4 Å². The van der Waals surface area contributed by atoms with E-state index in [1.165, 1.54) is 12.5 Å². The third-order valence-electron chi connectivity index (χ3n) is 6.27. The van der Waals surface area contributed by atoms with Crippen LogP contribution in [0.15, 0.2) is 42.9 Å². The molecule has 0 aliphatic carbocycles. The molecule has 1 heterocycles. The average Bonchev–Trinajstić information content (AvgIpc) is 3.42. The number of hydrogen-bond donors (Lipinski definition) is 6. The number of carbonyl (C=O) groups is 4. The summed E-state index contributed by atoms with van der Waals surface area (Å²) in [6.45, 7) is 3.66. The molecule has 12 heteroatoms. The molecule has 5 unspecified atom stereocenters. The highest BCUT2D eigenvalue weighted by Crippen LogP contribution is 2.11. The summed E-state index contributed by atoms with van der Waals surface area (Å²) in [5, 5.41) is 17.7. The molecular weight excluding hydrogens is 508 g/mol. The second kappa shape index (κ2) is 15.8. The average molecular weight is 547 g/mol. The SMILES string of the molecule is CCC(C)C(NC(=O)C(Cc1ccccc1)NC(=O)C(N)CCSC)C(=O)NC(Cc1cnc[nH]1)C(=O)O. The molecule has 11 nitrogen and oxygen atoms in total. The number of benzene rings is 1. The summed E-state index contributed by atoms with van der Waals surface area (Å²) in [6.07, 6.45) is 6.02. The zero-order chi connectivity index (χ0) is 28.1. The van der Waals surface area contributed by atoms with Crippen LogP contribution in [-0.4, -0.2) is 74.9 Å². The molecule has 0 saturated heterocycles. The van der Waals surface area contributed by atoms with Gasteiger partial charge in [0.25, 0.3) is 0 Å². The number of amides is 3. The molecule has 3 amide bonds. The lowest BCUT2D eigenvalue weighted by Gasteiger charge is -2.28. The minimum absolute atomic E-state index is 0.00285. The van der Waals surface area contributed by atoms with Crippen molar-refractivity contribution in [2.45, 2.75) is 63.7 Å². The highest BCUT2D eigenvalue weighted by atomic mass is 32.2. The highest BCUT2D eigenvalue weighted by Gasteiger charge is 2.33. The van der Waals surface area contributed by atoms with Crippen LogP contribution < -0.4 is 21.7 Å². The Morgan fingerprint density at radius 2 is 1.71 bits per heavy atom. The number of H-pyrrole nitrogens is 1. The number of imidazole rings is 1. The van der Waals surface area contributed by atoms with E-state index in [0.29, 0.717) is 24.3 Å². The van der Waals surface area contributed by atoms with Crippen molar-refractivity contribution in [1.29, 1.82) is 0 Å². The minimum Gasteiger partial charge on any atom is -0.480 e. The van der Waals surface area contributed by atoms with E-state index in [1.807, 2.05) is 43.5 Å². The predicted molar refractivity (Wildman–Crippen MR) is 146 cm³/mol. The molecule has 208 valence electrons. The van der Waals surface area contributed by atoms with E-state index in [1.54, 1.807) is 18.7 Å². The number of hydrogen-bond acceptors (Lipinski definition) is 7. The van der Waals surface area contributed by atoms with Crippen LogP contribution in [0.1, 0.15) is 37.9 Å². The quantitative estimate of drug-likeness (QED) is 0.179. The van der Waals surface area contributed by atoms with Gasteiger partial charge in [-0.3, -0.25) is 14.4 Å². The molecule has 0 aliphatic rings. The van der Waals surface area contributed by atoms with Crippen LogP contribution in [0.3, 0.4) is 0 Å². The Morgan fingerprint density at radius 3 is 2.29 bits per heavy atom. The molecule has 0 bridgehead atoms. The van der Waals surface area contributed by atoms with Gasteiger partial charge in [0.2, 0.25) is 17.7 Å². The van der Waals surface area contributed by atoms with Crippen molar-refractivity contribution in [2.24, 2.45) is 11.7 Å². The molecule has 0 fully saturated rings. The summed E-state index contributed by atoms with van der Waals surface area (Å²) in [7, 11) is 0. The summed E-state index contributed by atoms with van der Waals surface area (Å²) < 4.78 is 0. The minimum atomic E-state index is -1.22. The Bertz CT molecular complexity index is 1040. The van der Waals surface area contributed by atoms with E-state index >= 15 is 0 Å². The van der Waals surface area contributed by atoms with Gasteiger partial charge in [-0.1, -0.05) is 50.6 Å². The van der Waals surface area contributed by atoms with Crippen LogP contribution in [0.4, 0.5) is 0 Å². The van der Waals surface area contributed by atoms with E-state index in [2.05, 4.69) is 25.9 Å². The number of nitrogens with zero attached hydrogens (tertiary/aromatic N) is 1. The van der Waals surface area contributed by atoms with Crippen molar-refractivity contribution in [3.63, 3.8) is 0 Å². The first-order valence-electron chi connectivity index (χ1n) is 12.6. The van der Waals surface area contributed by atoms with Crippen molar-refractivity contribution in [1.82, 2.24) is 25.9 Å². The summed E-state index contributed by atoms with van der Waals surface area (Å²) in [6, 6.07) is 5.19. The Balaban J connectivity index is 2.20. The van der Waals surface area contributed by atoms with Gasteiger partial charge in [-0.05, 0) is 29.9 Å². The molecule has 7 N–H and O–H groups in total. The van der Waals surface area contributed by atoms with E-state index in [0.717, 1.165) is 5.56 Å². The fourth-order valence-electron chi connectivity index (χ4n) is 3.75. The number of carboxylic acid groups (broad SMARTS) is 1. The van der Waals surface area contributed by atoms with Crippen LogP contribution in [0, 0.1) is 5.92 Å². The number of nitrogens with two attached hydrogens (primary N) is 1. The van der Waals surface area contributed by atoms with Crippen molar-refractivity contribution < 1.29 is 24.3 Å². The fraction of sp³-hybridized carbons (Fsp3) is 0.500. The van der Waals surface area contributed by atoms with Crippen molar-refractivity contribution in [2.75, 3.05) is 12.0 Å². The van der Waals surface area contributed by atoms with Crippen LogP contribution in [0.2, 0.25) is 0 Å². The normalized spacial score (nSPS) is 14.9. The van der Waals surface area contributed by atoms with Gasteiger partial charge >= 0.3 is 5.97 Å². The lowest BCUT2D eigenvalue weighted by molar-refractivity contribution is -0.142. The number of thioether (sulfide) groups is 1. The summed E-state index contributed by atoms with van der Waals surface area (Å²) in [5.74, 6) is -2.46. The third-order valence-corrected chi connectivity index (χ3v) is 6.92. The van der Waals surface area contributed by atoms with E-state index in [9.17, 15) is 24.3 Å². The van der Waals surface area contributed by atoms with Crippen LogP contribution >= 0.6 is 11.8 Å². The third kappa shape index (κ3) is 9.82. The van der Waals surface area contributed by atoms with Crippen LogP contribution in [0.25, 0.3) is 0 Å². The molecule has 1 aromatic heterocycles.